The van der Waals surface area contributed by atoms with Crippen LogP contribution < -0.4 is 0 Å². The molecule has 0 N–H and O–H groups in total. The molecule has 3 aromatic heterocycles. The normalized spacial score (nSPS) is 11.9. The van der Waals surface area contributed by atoms with Crippen molar-refractivity contribution in [3.05, 3.63) is 231 Å². The third-order valence-corrected chi connectivity index (χ3v) is 12.8. The third-order valence-electron chi connectivity index (χ3n) is 12.8. The maximum Gasteiger partial charge on any atom is 0.235 e. The molecule has 4 nitrogen and oxygen atoms in total. The molecular formula is C61H42N4. The van der Waals surface area contributed by atoms with E-state index in [0.29, 0.717) is 5.95 Å². The Morgan fingerprint density at radius 3 is 1.51 bits per heavy atom. The SMILES string of the molecule is C=C/C(=C\C)n1c2ccccc2c2cc(-c3ccc4c(c3)c3ccccc3n4-c3nc(-c4cccc(-c5cc(-c6ccccc6)cc(-c6ccccc6)c5)c4)c4ccccc4n3)ccc21. The minimum Gasteiger partial charge on any atom is -0.310 e. The maximum absolute atomic E-state index is 5.49. The van der Waals surface area contributed by atoms with Crippen LogP contribution in [-0.2, 0) is 0 Å². The number of fused-ring (bicyclic) bond motifs is 7. The van der Waals surface area contributed by atoms with Gasteiger partial charge in [-0.1, -0.05) is 158 Å². The molecule has 0 aliphatic carbocycles. The second-order valence-electron chi connectivity index (χ2n) is 16.6. The van der Waals surface area contributed by atoms with Gasteiger partial charge in [-0.05, 0) is 124 Å². The van der Waals surface area contributed by atoms with Crippen LogP contribution in [0.2, 0.25) is 0 Å². The lowest BCUT2D eigenvalue weighted by molar-refractivity contribution is 1.01. The Morgan fingerprint density at radius 1 is 0.385 bits per heavy atom. The second kappa shape index (κ2) is 15.6. The van der Waals surface area contributed by atoms with E-state index in [1.807, 2.05) is 6.08 Å². The summed E-state index contributed by atoms with van der Waals surface area (Å²) in [4.78, 5) is 10.8. The molecule has 9 aromatic carbocycles. The molecule has 3 heterocycles. The Labute approximate surface area is 377 Å². The minimum absolute atomic E-state index is 0.636. The first-order valence-corrected chi connectivity index (χ1v) is 22.1. The van der Waals surface area contributed by atoms with Gasteiger partial charge in [0.1, 0.15) is 0 Å². The number of aromatic nitrogens is 4. The Balaban J connectivity index is 1.00. The smallest absolute Gasteiger partial charge is 0.235 e. The highest BCUT2D eigenvalue weighted by molar-refractivity contribution is 6.13. The van der Waals surface area contributed by atoms with Crippen molar-refractivity contribution in [2.75, 3.05) is 0 Å². The van der Waals surface area contributed by atoms with Gasteiger partial charge in [0.05, 0.1) is 33.3 Å². The zero-order chi connectivity index (χ0) is 43.4. The second-order valence-corrected chi connectivity index (χ2v) is 16.6. The fourth-order valence-corrected chi connectivity index (χ4v) is 9.76. The molecule has 65 heavy (non-hydrogen) atoms. The van der Waals surface area contributed by atoms with Gasteiger partial charge in [0.25, 0.3) is 0 Å². The highest BCUT2D eigenvalue weighted by Gasteiger charge is 2.19. The topological polar surface area (TPSA) is 35.6 Å². The molecule has 306 valence electrons. The van der Waals surface area contributed by atoms with Crippen molar-refractivity contribution in [2.24, 2.45) is 0 Å². The molecule has 0 saturated heterocycles. The highest BCUT2D eigenvalue weighted by atomic mass is 15.2. The van der Waals surface area contributed by atoms with Crippen molar-refractivity contribution in [3.63, 3.8) is 0 Å². The summed E-state index contributed by atoms with van der Waals surface area (Å²) in [5, 5.41) is 5.74. The lowest BCUT2D eigenvalue weighted by Crippen LogP contribution is -2.03. The van der Waals surface area contributed by atoms with Gasteiger partial charge >= 0.3 is 0 Å². The van der Waals surface area contributed by atoms with E-state index in [-0.39, 0.29) is 0 Å². The van der Waals surface area contributed by atoms with Gasteiger partial charge in [-0.25, -0.2) is 9.97 Å². The summed E-state index contributed by atoms with van der Waals surface area (Å²) in [5.74, 6) is 0.636. The van der Waals surface area contributed by atoms with E-state index in [1.54, 1.807) is 0 Å². The number of hydrogen-bond donors (Lipinski definition) is 0. The predicted octanol–water partition coefficient (Wildman–Crippen LogP) is 16.2. The molecule has 4 heteroatoms. The predicted molar refractivity (Wildman–Crippen MR) is 274 cm³/mol. The molecule has 0 atom stereocenters. The first-order valence-electron chi connectivity index (χ1n) is 22.1. The van der Waals surface area contributed by atoms with Gasteiger partial charge < -0.3 is 4.57 Å². The van der Waals surface area contributed by atoms with Crippen LogP contribution in [-0.4, -0.2) is 19.1 Å². The van der Waals surface area contributed by atoms with Gasteiger partial charge in [0.15, 0.2) is 0 Å². The van der Waals surface area contributed by atoms with Crippen molar-refractivity contribution >= 4 is 60.2 Å². The minimum atomic E-state index is 0.636. The summed E-state index contributed by atoms with van der Waals surface area (Å²) >= 11 is 0. The standard InChI is InChI=1S/C61H42N4/c1-3-49(4-2)64-56-28-15-12-24-50(56)53-38-43(30-32-58(53)64)44-31-33-59-54(39-44)51-25-13-16-29-57(51)65(59)61-62-55-27-14-11-26-52(55)60(63-61)45-23-17-22-42(34-45)48-36-46(40-18-7-5-8-19-40)35-47(37-48)41-20-9-6-10-21-41/h3-39H,1H2,2H3/b49-4+. The number of nitrogens with zero attached hydrogens (tertiary/aromatic N) is 4. The van der Waals surface area contributed by atoms with Gasteiger partial charge in [-0.2, -0.15) is 0 Å². The van der Waals surface area contributed by atoms with Crippen LogP contribution in [0, 0.1) is 0 Å². The molecule has 0 aliphatic heterocycles. The molecular weight excluding hydrogens is 789 g/mol. The van der Waals surface area contributed by atoms with Crippen LogP contribution >= 0.6 is 0 Å². The first-order chi connectivity index (χ1) is 32.1. The molecule has 0 aliphatic rings. The van der Waals surface area contributed by atoms with E-state index in [1.165, 1.54) is 38.5 Å². The van der Waals surface area contributed by atoms with Gasteiger partial charge in [0, 0.05) is 38.2 Å². The lowest BCUT2D eigenvalue weighted by atomic mass is 9.92. The summed E-state index contributed by atoms with van der Waals surface area (Å²) < 4.78 is 4.53. The monoisotopic (exact) mass is 830 g/mol. The summed E-state index contributed by atoms with van der Waals surface area (Å²) in [6, 6.07) is 76.1. The largest absolute Gasteiger partial charge is 0.310 e. The average molecular weight is 831 g/mol. The van der Waals surface area contributed by atoms with Gasteiger partial charge in [0.2, 0.25) is 5.95 Å². The molecule has 12 aromatic rings. The fraction of sp³-hybridized carbons (Fsp3) is 0.0164. The quantitative estimate of drug-likeness (QED) is 0.143. The van der Waals surface area contributed by atoms with Gasteiger partial charge in [-0.3, -0.25) is 4.57 Å². The van der Waals surface area contributed by atoms with Crippen LogP contribution in [0.4, 0.5) is 0 Å². The van der Waals surface area contributed by atoms with E-state index in [9.17, 15) is 0 Å². The van der Waals surface area contributed by atoms with Crippen molar-refractivity contribution in [1.29, 1.82) is 0 Å². The lowest BCUT2D eigenvalue weighted by Gasteiger charge is -2.14. The van der Waals surface area contributed by atoms with E-state index >= 15 is 0 Å². The molecule has 0 unspecified atom stereocenters. The Bertz CT molecular complexity index is 3790. The molecule has 0 radical (unpaired) electrons. The van der Waals surface area contributed by atoms with Gasteiger partial charge in [-0.15, -0.1) is 0 Å². The molecule has 0 bridgehead atoms. The Hall–Kier alpha value is -8.60. The summed E-state index contributed by atoms with van der Waals surface area (Å²) in [5.41, 5.74) is 17.6. The highest BCUT2D eigenvalue weighted by Crippen LogP contribution is 2.40. The van der Waals surface area contributed by atoms with Crippen molar-refractivity contribution < 1.29 is 0 Å². The fourth-order valence-electron chi connectivity index (χ4n) is 9.76. The van der Waals surface area contributed by atoms with E-state index < -0.39 is 0 Å². The zero-order valence-corrected chi connectivity index (χ0v) is 35.9. The molecule has 0 amide bonds. The Morgan fingerprint density at radius 2 is 0.846 bits per heavy atom. The number of hydrogen-bond acceptors (Lipinski definition) is 2. The summed E-state index contributed by atoms with van der Waals surface area (Å²) in [6.07, 6.45) is 4.04. The number of rotatable bonds is 8. The van der Waals surface area contributed by atoms with Crippen molar-refractivity contribution in [2.45, 2.75) is 6.92 Å². The van der Waals surface area contributed by atoms with Crippen LogP contribution in [0.15, 0.2) is 231 Å². The van der Waals surface area contributed by atoms with Crippen LogP contribution in [0.25, 0.3) is 122 Å². The van der Waals surface area contributed by atoms with E-state index in [2.05, 4.69) is 241 Å². The van der Waals surface area contributed by atoms with Crippen LogP contribution in [0.1, 0.15) is 6.92 Å². The molecule has 0 spiro atoms. The average Bonchev–Trinajstić information content (AvgIpc) is 3.89. The van der Waals surface area contributed by atoms with Crippen molar-refractivity contribution in [1.82, 2.24) is 19.1 Å². The molecule has 12 rings (SSSR count). The first kappa shape index (κ1) is 38.1. The number of benzene rings is 9. The summed E-state index contributed by atoms with van der Waals surface area (Å²) in [6.45, 7) is 6.18. The van der Waals surface area contributed by atoms with E-state index in [0.717, 1.165) is 77.4 Å². The number of allylic oxidation sites excluding steroid dienone is 3. The van der Waals surface area contributed by atoms with Crippen LogP contribution in [0.3, 0.4) is 0 Å². The maximum atomic E-state index is 5.49. The molecule has 0 saturated carbocycles. The molecule has 0 fully saturated rings. The van der Waals surface area contributed by atoms with Crippen molar-refractivity contribution in [3.8, 4) is 61.7 Å². The third kappa shape index (κ3) is 6.46. The van der Waals surface area contributed by atoms with E-state index in [4.69, 9.17) is 9.97 Å². The number of para-hydroxylation sites is 3. The summed E-state index contributed by atoms with van der Waals surface area (Å²) in [7, 11) is 0. The van der Waals surface area contributed by atoms with Crippen LogP contribution in [0.5, 0.6) is 0 Å². The zero-order valence-electron chi connectivity index (χ0n) is 35.9. The Kier molecular flexibility index (Phi) is 9.17.